The van der Waals surface area contributed by atoms with Gasteiger partial charge in [-0.25, -0.2) is 4.79 Å². The van der Waals surface area contributed by atoms with E-state index in [4.69, 9.17) is 0 Å². The van der Waals surface area contributed by atoms with Crippen molar-refractivity contribution in [2.24, 2.45) is 13.0 Å². The summed E-state index contributed by atoms with van der Waals surface area (Å²) in [5.41, 5.74) is 1.02. The molecular formula is C16H23N3O3. The van der Waals surface area contributed by atoms with Gasteiger partial charge in [-0.05, 0) is 37.2 Å². The predicted molar refractivity (Wildman–Crippen MR) is 80.2 cm³/mol. The van der Waals surface area contributed by atoms with Gasteiger partial charge in [0, 0.05) is 25.7 Å². The van der Waals surface area contributed by atoms with Gasteiger partial charge in [-0.1, -0.05) is 12.8 Å². The average Bonchev–Trinajstić information content (AvgIpc) is 3.08. The van der Waals surface area contributed by atoms with Gasteiger partial charge in [0.15, 0.2) is 0 Å². The van der Waals surface area contributed by atoms with E-state index < -0.39 is 12.0 Å². The van der Waals surface area contributed by atoms with E-state index in [0.717, 1.165) is 31.2 Å². The van der Waals surface area contributed by atoms with E-state index in [1.165, 1.54) is 0 Å². The highest BCUT2D eigenvalue weighted by molar-refractivity contribution is 5.85. The molecule has 1 amide bonds. The number of rotatable bonds is 4. The molecule has 2 fully saturated rings. The van der Waals surface area contributed by atoms with Gasteiger partial charge in [0.1, 0.15) is 6.04 Å². The number of amides is 1. The largest absolute Gasteiger partial charge is 0.480 e. The molecule has 0 radical (unpaired) electrons. The van der Waals surface area contributed by atoms with E-state index in [1.54, 1.807) is 15.8 Å². The molecule has 1 N–H and O–H groups in total. The summed E-state index contributed by atoms with van der Waals surface area (Å²) >= 11 is 0. The van der Waals surface area contributed by atoms with E-state index in [-0.39, 0.29) is 11.9 Å². The molecule has 0 spiro atoms. The third kappa shape index (κ3) is 2.87. The molecule has 2 heterocycles. The zero-order valence-electron chi connectivity index (χ0n) is 12.9. The van der Waals surface area contributed by atoms with Crippen molar-refractivity contribution >= 4 is 11.9 Å². The number of aliphatic carboxylic acids is 1. The lowest BCUT2D eigenvalue weighted by Gasteiger charge is -2.33. The number of hydrogen-bond donors (Lipinski definition) is 1. The standard InChI is InChI=1S/C16H23N3O3/c1-18-10-11(9-17-18)6-7-15(20)19-13-5-3-2-4-12(13)8-14(19)16(21)22/h9-10,12-14H,2-8H2,1H3,(H,21,22)/t12-,13+,14-/m0/s1. The second-order valence-electron chi connectivity index (χ2n) is 6.52. The van der Waals surface area contributed by atoms with Crippen LogP contribution >= 0.6 is 0 Å². The number of nitrogens with zero attached hydrogens (tertiary/aromatic N) is 3. The third-order valence-electron chi connectivity index (χ3n) is 5.05. The SMILES string of the molecule is Cn1cc(CCC(=O)N2[C@@H]3CCCC[C@H]3C[C@H]2C(=O)O)cn1. The summed E-state index contributed by atoms with van der Waals surface area (Å²) in [4.78, 5) is 25.8. The zero-order chi connectivity index (χ0) is 15.7. The number of carbonyl (C=O) groups excluding carboxylic acids is 1. The van der Waals surface area contributed by atoms with E-state index in [1.807, 2.05) is 13.2 Å². The Morgan fingerprint density at radius 2 is 2.14 bits per heavy atom. The first-order valence-electron chi connectivity index (χ1n) is 8.07. The molecule has 6 nitrogen and oxygen atoms in total. The molecule has 0 unspecified atom stereocenters. The fraction of sp³-hybridized carbons (Fsp3) is 0.688. The van der Waals surface area contributed by atoms with Crippen LogP contribution in [-0.4, -0.2) is 43.7 Å². The van der Waals surface area contributed by atoms with E-state index >= 15 is 0 Å². The number of likely N-dealkylation sites (tertiary alicyclic amines) is 1. The van der Waals surface area contributed by atoms with Crippen LogP contribution in [0.4, 0.5) is 0 Å². The van der Waals surface area contributed by atoms with Gasteiger partial charge in [0.2, 0.25) is 5.91 Å². The second-order valence-corrected chi connectivity index (χ2v) is 6.52. The number of carboxylic acids is 1. The van der Waals surface area contributed by atoms with Gasteiger partial charge >= 0.3 is 5.97 Å². The van der Waals surface area contributed by atoms with Crippen LogP contribution in [0.15, 0.2) is 12.4 Å². The average molecular weight is 305 g/mol. The summed E-state index contributed by atoms with van der Waals surface area (Å²) in [5, 5.41) is 13.6. The number of carbonyl (C=O) groups is 2. The molecule has 120 valence electrons. The summed E-state index contributed by atoms with van der Waals surface area (Å²) < 4.78 is 1.72. The molecule has 3 atom stereocenters. The quantitative estimate of drug-likeness (QED) is 0.916. The van der Waals surface area contributed by atoms with Crippen LogP contribution in [0.2, 0.25) is 0 Å². The van der Waals surface area contributed by atoms with Crippen molar-refractivity contribution < 1.29 is 14.7 Å². The third-order valence-corrected chi connectivity index (χ3v) is 5.05. The number of carboxylic acid groups (broad SMARTS) is 1. The maximum Gasteiger partial charge on any atom is 0.326 e. The number of aryl methyl sites for hydroxylation is 2. The Morgan fingerprint density at radius 3 is 2.82 bits per heavy atom. The summed E-state index contributed by atoms with van der Waals surface area (Å²) in [5.74, 6) is -0.507. The van der Waals surface area contributed by atoms with Crippen molar-refractivity contribution in [3.05, 3.63) is 18.0 Å². The Hall–Kier alpha value is -1.85. The summed E-state index contributed by atoms with van der Waals surface area (Å²) in [7, 11) is 1.85. The van der Waals surface area contributed by atoms with Crippen molar-refractivity contribution in [2.45, 2.75) is 57.0 Å². The zero-order valence-corrected chi connectivity index (χ0v) is 12.9. The van der Waals surface area contributed by atoms with E-state index in [0.29, 0.717) is 25.2 Å². The Bertz CT molecular complexity index is 569. The lowest BCUT2D eigenvalue weighted by Crippen LogP contribution is -2.46. The Kier molecular flexibility index (Phi) is 4.18. The van der Waals surface area contributed by atoms with Crippen LogP contribution in [0.5, 0.6) is 0 Å². The van der Waals surface area contributed by atoms with Crippen molar-refractivity contribution in [3.63, 3.8) is 0 Å². The second kappa shape index (κ2) is 6.10. The van der Waals surface area contributed by atoms with Crippen LogP contribution in [0.3, 0.4) is 0 Å². The molecule has 1 saturated heterocycles. The van der Waals surface area contributed by atoms with Crippen LogP contribution in [0.25, 0.3) is 0 Å². The molecule has 3 rings (SSSR count). The highest BCUT2D eigenvalue weighted by Gasteiger charge is 2.47. The lowest BCUT2D eigenvalue weighted by atomic mass is 9.84. The Morgan fingerprint density at radius 1 is 1.36 bits per heavy atom. The Labute approximate surface area is 130 Å². The molecule has 1 saturated carbocycles. The van der Waals surface area contributed by atoms with Gasteiger partial charge in [-0.2, -0.15) is 5.10 Å². The highest BCUT2D eigenvalue weighted by atomic mass is 16.4. The van der Waals surface area contributed by atoms with Crippen molar-refractivity contribution in [3.8, 4) is 0 Å². The summed E-state index contributed by atoms with van der Waals surface area (Å²) in [6, 6.07) is -0.495. The minimum Gasteiger partial charge on any atom is -0.480 e. The molecule has 0 bridgehead atoms. The van der Waals surface area contributed by atoms with Crippen molar-refractivity contribution in [1.82, 2.24) is 14.7 Å². The molecule has 1 aromatic rings. The normalized spacial score (nSPS) is 27.7. The topological polar surface area (TPSA) is 75.4 Å². The maximum atomic E-state index is 12.6. The maximum absolute atomic E-state index is 12.6. The monoisotopic (exact) mass is 305 g/mol. The van der Waals surface area contributed by atoms with E-state index in [2.05, 4.69) is 5.10 Å². The fourth-order valence-electron chi connectivity index (χ4n) is 4.02. The van der Waals surface area contributed by atoms with Crippen LogP contribution in [0, 0.1) is 5.92 Å². The van der Waals surface area contributed by atoms with Gasteiger partial charge in [0.25, 0.3) is 0 Å². The summed E-state index contributed by atoms with van der Waals surface area (Å²) in [6.07, 6.45) is 9.52. The first-order valence-corrected chi connectivity index (χ1v) is 8.07. The van der Waals surface area contributed by atoms with Crippen molar-refractivity contribution in [1.29, 1.82) is 0 Å². The van der Waals surface area contributed by atoms with Gasteiger partial charge in [-0.3, -0.25) is 9.48 Å². The number of fused-ring (bicyclic) bond motifs is 1. The van der Waals surface area contributed by atoms with Crippen molar-refractivity contribution in [2.75, 3.05) is 0 Å². The minimum absolute atomic E-state index is 0.0225. The minimum atomic E-state index is -0.857. The molecule has 22 heavy (non-hydrogen) atoms. The fourth-order valence-corrected chi connectivity index (χ4v) is 4.02. The molecule has 1 aromatic heterocycles. The first kappa shape index (κ1) is 15.1. The molecule has 6 heteroatoms. The number of aromatic nitrogens is 2. The van der Waals surface area contributed by atoms with Crippen LogP contribution in [-0.2, 0) is 23.1 Å². The Balaban J connectivity index is 1.69. The molecule has 1 aliphatic heterocycles. The lowest BCUT2D eigenvalue weighted by molar-refractivity contribution is -0.149. The molecule has 1 aliphatic carbocycles. The van der Waals surface area contributed by atoms with Crippen LogP contribution in [0.1, 0.15) is 44.1 Å². The van der Waals surface area contributed by atoms with Gasteiger partial charge in [-0.15, -0.1) is 0 Å². The first-order chi connectivity index (χ1) is 10.6. The molecule has 2 aliphatic rings. The number of hydrogen-bond acceptors (Lipinski definition) is 3. The van der Waals surface area contributed by atoms with Gasteiger partial charge < -0.3 is 10.0 Å². The smallest absolute Gasteiger partial charge is 0.326 e. The molecular weight excluding hydrogens is 282 g/mol. The predicted octanol–water partition coefficient (Wildman–Crippen LogP) is 1.60. The molecule has 0 aromatic carbocycles. The van der Waals surface area contributed by atoms with Crippen LogP contribution < -0.4 is 0 Å². The summed E-state index contributed by atoms with van der Waals surface area (Å²) in [6.45, 7) is 0. The van der Waals surface area contributed by atoms with Gasteiger partial charge in [0.05, 0.1) is 6.20 Å². The highest BCUT2D eigenvalue weighted by Crippen LogP contribution is 2.40. The van der Waals surface area contributed by atoms with E-state index in [9.17, 15) is 14.7 Å².